The molecule has 1 heterocycles. The third kappa shape index (κ3) is 3.13. The van der Waals surface area contributed by atoms with E-state index in [0.717, 1.165) is 24.9 Å². The average molecular weight is 249 g/mol. The summed E-state index contributed by atoms with van der Waals surface area (Å²) < 4.78 is 18.4. The van der Waals surface area contributed by atoms with E-state index in [1.54, 1.807) is 0 Å². The summed E-state index contributed by atoms with van der Waals surface area (Å²) in [5.74, 6) is 0.741. The summed E-state index contributed by atoms with van der Waals surface area (Å²) in [7, 11) is 1.90. The van der Waals surface area contributed by atoms with E-state index in [1.807, 2.05) is 20.0 Å². The molecule has 96 valence electrons. The zero-order valence-electron chi connectivity index (χ0n) is 10.5. The van der Waals surface area contributed by atoms with Gasteiger partial charge in [0.2, 0.25) is 11.7 Å². The van der Waals surface area contributed by atoms with Crippen molar-refractivity contribution in [2.75, 3.05) is 13.6 Å². The molecule has 4 nitrogen and oxygen atoms in total. The fourth-order valence-electron chi connectivity index (χ4n) is 1.76. The molecular formula is C13H16FN3O. The molecule has 0 bridgehead atoms. The maximum absolute atomic E-state index is 13.3. The Balaban J connectivity index is 2.13. The van der Waals surface area contributed by atoms with Gasteiger partial charge < -0.3 is 9.84 Å². The molecule has 2 rings (SSSR count). The summed E-state index contributed by atoms with van der Waals surface area (Å²) in [6.45, 7) is 2.73. The minimum Gasteiger partial charge on any atom is -0.339 e. The zero-order chi connectivity index (χ0) is 13.0. The predicted octanol–water partition coefficient (Wildman–Crippen LogP) is 2.34. The molecule has 18 heavy (non-hydrogen) atoms. The molecule has 0 aliphatic rings. The molecule has 0 aliphatic heterocycles. The summed E-state index contributed by atoms with van der Waals surface area (Å²) in [5.41, 5.74) is 1.49. The maximum atomic E-state index is 13.3. The Morgan fingerprint density at radius 3 is 2.89 bits per heavy atom. The Hall–Kier alpha value is -1.75. The molecule has 0 radical (unpaired) electrons. The quantitative estimate of drug-likeness (QED) is 0.826. The van der Waals surface area contributed by atoms with E-state index in [9.17, 15) is 4.39 Å². The molecule has 0 atom stereocenters. The summed E-state index contributed by atoms with van der Waals surface area (Å²) >= 11 is 0. The Labute approximate surface area is 105 Å². The van der Waals surface area contributed by atoms with Crippen LogP contribution in [0.3, 0.4) is 0 Å². The second-order valence-electron chi connectivity index (χ2n) is 4.24. The molecule has 2 aromatic rings. The lowest BCUT2D eigenvalue weighted by molar-refractivity contribution is 0.375. The summed E-state index contributed by atoms with van der Waals surface area (Å²) in [5, 5.41) is 6.93. The van der Waals surface area contributed by atoms with Crippen LogP contribution in [-0.4, -0.2) is 23.7 Å². The smallest absolute Gasteiger partial charge is 0.227 e. The number of aryl methyl sites for hydroxylation is 2. The van der Waals surface area contributed by atoms with Gasteiger partial charge in [-0.25, -0.2) is 4.39 Å². The van der Waals surface area contributed by atoms with Gasteiger partial charge >= 0.3 is 0 Å². The van der Waals surface area contributed by atoms with E-state index >= 15 is 0 Å². The van der Waals surface area contributed by atoms with Crippen LogP contribution in [0.4, 0.5) is 4.39 Å². The van der Waals surface area contributed by atoms with Gasteiger partial charge in [0.25, 0.3) is 0 Å². The van der Waals surface area contributed by atoms with Gasteiger partial charge in [0.1, 0.15) is 5.82 Å². The topological polar surface area (TPSA) is 51.0 Å². The fourth-order valence-corrected chi connectivity index (χ4v) is 1.76. The molecule has 0 saturated carbocycles. The van der Waals surface area contributed by atoms with Crippen LogP contribution < -0.4 is 5.32 Å². The van der Waals surface area contributed by atoms with Gasteiger partial charge in [-0.1, -0.05) is 5.16 Å². The molecule has 0 aliphatic carbocycles. The number of nitrogens with one attached hydrogen (secondary N) is 1. The summed E-state index contributed by atoms with van der Waals surface area (Å²) in [6, 6.07) is 4.72. The number of halogens is 1. The highest BCUT2D eigenvalue weighted by Gasteiger charge is 2.09. The largest absolute Gasteiger partial charge is 0.339 e. The van der Waals surface area contributed by atoms with Gasteiger partial charge in [-0.3, -0.25) is 0 Å². The molecule has 1 aromatic heterocycles. The van der Waals surface area contributed by atoms with Crippen LogP contribution in [0.25, 0.3) is 11.4 Å². The highest BCUT2D eigenvalue weighted by Crippen LogP contribution is 2.19. The minimum atomic E-state index is -0.286. The van der Waals surface area contributed by atoms with E-state index in [1.165, 1.54) is 12.1 Å². The van der Waals surface area contributed by atoms with E-state index in [2.05, 4.69) is 15.5 Å². The van der Waals surface area contributed by atoms with Crippen LogP contribution in [0.15, 0.2) is 22.7 Å². The Kier molecular flexibility index (Phi) is 4.04. The van der Waals surface area contributed by atoms with Crippen molar-refractivity contribution in [3.63, 3.8) is 0 Å². The third-order valence-corrected chi connectivity index (χ3v) is 2.59. The second-order valence-corrected chi connectivity index (χ2v) is 4.24. The van der Waals surface area contributed by atoms with Crippen molar-refractivity contribution in [2.45, 2.75) is 19.8 Å². The summed E-state index contributed by atoms with van der Waals surface area (Å²) in [4.78, 5) is 4.26. The lowest BCUT2D eigenvalue weighted by atomic mass is 10.1. The highest BCUT2D eigenvalue weighted by atomic mass is 19.1. The van der Waals surface area contributed by atoms with E-state index < -0.39 is 0 Å². The van der Waals surface area contributed by atoms with Crippen molar-refractivity contribution in [3.05, 3.63) is 35.5 Å². The second kappa shape index (κ2) is 5.73. The number of benzene rings is 1. The summed E-state index contributed by atoms with van der Waals surface area (Å²) in [6.07, 6.45) is 1.66. The number of aromatic nitrogens is 2. The maximum Gasteiger partial charge on any atom is 0.227 e. The lowest BCUT2D eigenvalue weighted by Crippen LogP contribution is -2.08. The van der Waals surface area contributed by atoms with E-state index in [0.29, 0.717) is 17.3 Å². The van der Waals surface area contributed by atoms with Crippen LogP contribution in [-0.2, 0) is 6.42 Å². The first-order valence-electron chi connectivity index (χ1n) is 5.94. The normalized spacial score (nSPS) is 10.8. The van der Waals surface area contributed by atoms with Crippen LogP contribution in [0, 0.1) is 12.7 Å². The van der Waals surface area contributed by atoms with Crippen molar-refractivity contribution < 1.29 is 8.91 Å². The zero-order valence-corrected chi connectivity index (χ0v) is 10.5. The van der Waals surface area contributed by atoms with Crippen molar-refractivity contribution in [1.29, 1.82) is 0 Å². The van der Waals surface area contributed by atoms with Crippen molar-refractivity contribution >= 4 is 0 Å². The van der Waals surface area contributed by atoms with E-state index in [4.69, 9.17) is 4.52 Å². The molecule has 0 spiro atoms. The molecule has 1 N–H and O–H groups in total. The molecule has 0 amide bonds. The minimum absolute atomic E-state index is 0.286. The third-order valence-electron chi connectivity index (χ3n) is 2.59. The first-order chi connectivity index (χ1) is 8.69. The molecule has 0 unspecified atom stereocenters. The SMILES string of the molecule is CNCCCc1nc(-c2cc(C)cc(F)c2)no1. The van der Waals surface area contributed by atoms with Crippen molar-refractivity contribution in [2.24, 2.45) is 0 Å². The van der Waals surface area contributed by atoms with Gasteiger partial charge in [-0.2, -0.15) is 4.98 Å². The number of nitrogens with zero attached hydrogens (tertiary/aromatic N) is 2. The lowest BCUT2D eigenvalue weighted by Gasteiger charge is -1.97. The van der Waals surface area contributed by atoms with Crippen LogP contribution >= 0.6 is 0 Å². The number of hydrogen-bond donors (Lipinski definition) is 1. The number of hydrogen-bond acceptors (Lipinski definition) is 4. The monoisotopic (exact) mass is 249 g/mol. The van der Waals surface area contributed by atoms with E-state index in [-0.39, 0.29) is 5.82 Å². The van der Waals surface area contributed by atoms with Gasteiger partial charge in [-0.05, 0) is 50.7 Å². The first-order valence-corrected chi connectivity index (χ1v) is 5.94. The van der Waals surface area contributed by atoms with Gasteiger partial charge in [0.15, 0.2) is 0 Å². The fraction of sp³-hybridized carbons (Fsp3) is 0.385. The van der Waals surface area contributed by atoms with Gasteiger partial charge in [0, 0.05) is 12.0 Å². The number of rotatable bonds is 5. The molecule has 0 saturated heterocycles. The van der Waals surface area contributed by atoms with Gasteiger partial charge in [-0.15, -0.1) is 0 Å². The molecule has 5 heteroatoms. The highest BCUT2D eigenvalue weighted by molar-refractivity contribution is 5.55. The molecule has 0 fully saturated rings. The van der Waals surface area contributed by atoms with Crippen molar-refractivity contribution in [3.8, 4) is 11.4 Å². The first kappa shape index (κ1) is 12.7. The van der Waals surface area contributed by atoms with Crippen LogP contribution in [0.1, 0.15) is 17.9 Å². The average Bonchev–Trinajstić information content (AvgIpc) is 2.77. The molecule has 1 aromatic carbocycles. The standard InChI is InChI=1S/C13H16FN3O/c1-9-6-10(8-11(14)7-9)13-16-12(18-17-13)4-3-5-15-2/h6-8,15H,3-5H2,1-2H3. The molecular weight excluding hydrogens is 233 g/mol. The predicted molar refractivity (Wildman–Crippen MR) is 66.7 cm³/mol. The Morgan fingerprint density at radius 1 is 1.33 bits per heavy atom. The Morgan fingerprint density at radius 2 is 2.17 bits per heavy atom. The van der Waals surface area contributed by atoms with Crippen molar-refractivity contribution in [1.82, 2.24) is 15.5 Å². The Bertz CT molecular complexity index is 504. The van der Waals surface area contributed by atoms with Crippen LogP contribution in [0.2, 0.25) is 0 Å². The van der Waals surface area contributed by atoms with Crippen LogP contribution in [0.5, 0.6) is 0 Å². The van der Waals surface area contributed by atoms with Gasteiger partial charge in [0.05, 0.1) is 0 Å².